The Kier molecular flexibility index (Phi) is 6.70. The molecule has 0 radical (unpaired) electrons. The Morgan fingerprint density at radius 2 is 1.83 bits per heavy atom. The Bertz CT molecular complexity index is 705. The Hall–Kier alpha value is -1.98. The Balaban J connectivity index is 1.88. The van der Waals surface area contributed by atoms with Crippen molar-refractivity contribution in [1.29, 1.82) is 0 Å². The second-order valence-electron chi connectivity index (χ2n) is 5.28. The molecule has 0 aliphatic carbocycles. The lowest BCUT2D eigenvalue weighted by Crippen LogP contribution is -2.30. The van der Waals surface area contributed by atoms with Crippen molar-refractivity contribution in [2.24, 2.45) is 0 Å². The van der Waals surface area contributed by atoms with Crippen LogP contribution in [0.3, 0.4) is 0 Å². The van der Waals surface area contributed by atoms with Crippen molar-refractivity contribution < 1.29 is 9.47 Å². The number of aryl methyl sites for hydroxylation is 1. The van der Waals surface area contributed by atoms with Gasteiger partial charge in [0.05, 0.1) is 19.9 Å². The molecule has 0 spiro atoms. The first-order chi connectivity index (χ1) is 11.5. The van der Waals surface area contributed by atoms with Crippen LogP contribution in [0.4, 0.5) is 5.69 Å². The van der Waals surface area contributed by atoms with Gasteiger partial charge in [0.25, 0.3) is 0 Å². The van der Waals surface area contributed by atoms with E-state index in [9.17, 15) is 0 Å². The first kappa shape index (κ1) is 18.4. The predicted molar refractivity (Wildman–Crippen MR) is 104 cm³/mol. The standard InChI is InChI=1S/C18H21ClN2O2S/c1-12-10-16(17(23-3)11-15(12)19)21-18(24)20-9-8-13-4-6-14(22-2)7-5-13/h4-7,10-11H,8-9H2,1-3H3,(H2,20,21,24). The molecule has 2 aromatic carbocycles. The molecule has 6 heteroatoms. The number of benzene rings is 2. The minimum atomic E-state index is 0.545. The number of hydrogen-bond acceptors (Lipinski definition) is 3. The lowest BCUT2D eigenvalue weighted by molar-refractivity contribution is 0.414. The maximum Gasteiger partial charge on any atom is 0.170 e. The van der Waals surface area contributed by atoms with E-state index in [0.717, 1.165) is 30.0 Å². The van der Waals surface area contributed by atoms with Crippen molar-refractivity contribution in [3.05, 3.63) is 52.5 Å². The second-order valence-corrected chi connectivity index (χ2v) is 6.10. The van der Waals surface area contributed by atoms with Crippen LogP contribution in [0.5, 0.6) is 11.5 Å². The number of anilines is 1. The minimum Gasteiger partial charge on any atom is -0.497 e. The van der Waals surface area contributed by atoms with Crippen LogP contribution in [0.1, 0.15) is 11.1 Å². The van der Waals surface area contributed by atoms with Gasteiger partial charge in [-0.1, -0.05) is 23.7 Å². The predicted octanol–water partition coefficient (Wildman–Crippen LogP) is 4.19. The first-order valence-electron chi connectivity index (χ1n) is 7.55. The van der Waals surface area contributed by atoms with Gasteiger partial charge in [0.2, 0.25) is 0 Å². The van der Waals surface area contributed by atoms with Gasteiger partial charge < -0.3 is 20.1 Å². The summed E-state index contributed by atoms with van der Waals surface area (Å²) in [4.78, 5) is 0. The largest absolute Gasteiger partial charge is 0.497 e. The summed E-state index contributed by atoms with van der Waals surface area (Å²) in [6, 6.07) is 11.7. The molecule has 0 fully saturated rings. The number of halogens is 1. The second kappa shape index (κ2) is 8.76. The highest BCUT2D eigenvalue weighted by Crippen LogP contribution is 2.30. The molecule has 128 valence electrons. The number of ether oxygens (including phenoxy) is 2. The fraction of sp³-hybridized carbons (Fsp3) is 0.278. The van der Waals surface area contributed by atoms with Crippen molar-refractivity contribution in [3.8, 4) is 11.5 Å². The summed E-state index contributed by atoms with van der Waals surface area (Å²) in [7, 11) is 3.26. The van der Waals surface area contributed by atoms with Gasteiger partial charge >= 0.3 is 0 Å². The SMILES string of the molecule is COc1ccc(CCNC(=S)Nc2cc(C)c(Cl)cc2OC)cc1. The van der Waals surface area contributed by atoms with Crippen LogP contribution >= 0.6 is 23.8 Å². The molecule has 4 nitrogen and oxygen atoms in total. The quantitative estimate of drug-likeness (QED) is 0.752. The van der Waals surface area contributed by atoms with E-state index in [-0.39, 0.29) is 0 Å². The molecule has 0 atom stereocenters. The molecule has 0 unspecified atom stereocenters. The molecule has 0 bridgehead atoms. The number of rotatable bonds is 6. The van der Waals surface area contributed by atoms with Crippen molar-refractivity contribution in [1.82, 2.24) is 5.32 Å². The molecular weight excluding hydrogens is 344 g/mol. The Morgan fingerprint density at radius 1 is 1.12 bits per heavy atom. The van der Waals surface area contributed by atoms with Gasteiger partial charge in [-0.25, -0.2) is 0 Å². The van der Waals surface area contributed by atoms with Crippen LogP contribution in [0.15, 0.2) is 36.4 Å². The maximum atomic E-state index is 6.11. The van der Waals surface area contributed by atoms with Gasteiger partial charge in [-0.15, -0.1) is 0 Å². The molecular formula is C18H21ClN2O2S. The summed E-state index contributed by atoms with van der Waals surface area (Å²) in [5.41, 5.74) is 2.97. The summed E-state index contributed by atoms with van der Waals surface area (Å²) in [5, 5.41) is 7.55. The van der Waals surface area contributed by atoms with E-state index in [0.29, 0.717) is 15.9 Å². The van der Waals surface area contributed by atoms with Crippen molar-refractivity contribution in [2.75, 3.05) is 26.1 Å². The van der Waals surface area contributed by atoms with Crippen LogP contribution in [0.25, 0.3) is 0 Å². The molecule has 0 saturated heterocycles. The monoisotopic (exact) mass is 364 g/mol. The van der Waals surface area contributed by atoms with Crippen LogP contribution in [0, 0.1) is 6.92 Å². The number of hydrogen-bond donors (Lipinski definition) is 2. The fourth-order valence-electron chi connectivity index (χ4n) is 2.21. The third kappa shape index (κ3) is 5.01. The molecule has 2 aromatic rings. The molecule has 0 saturated carbocycles. The van der Waals surface area contributed by atoms with Gasteiger partial charge in [0.1, 0.15) is 11.5 Å². The molecule has 0 aromatic heterocycles. The molecule has 0 aliphatic rings. The molecule has 2 rings (SSSR count). The molecule has 24 heavy (non-hydrogen) atoms. The summed E-state index contributed by atoms with van der Waals surface area (Å²) in [6.45, 7) is 2.67. The lowest BCUT2D eigenvalue weighted by atomic mass is 10.1. The van der Waals surface area contributed by atoms with E-state index in [2.05, 4.69) is 10.6 Å². The highest BCUT2D eigenvalue weighted by molar-refractivity contribution is 7.80. The van der Waals surface area contributed by atoms with E-state index in [1.54, 1.807) is 20.3 Å². The average molecular weight is 365 g/mol. The zero-order valence-electron chi connectivity index (χ0n) is 14.0. The summed E-state index contributed by atoms with van der Waals surface area (Å²) in [6.07, 6.45) is 0.864. The van der Waals surface area contributed by atoms with Gasteiger partial charge in [-0.05, 0) is 54.9 Å². The van der Waals surface area contributed by atoms with E-state index in [1.165, 1.54) is 5.56 Å². The highest BCUT2D eigenvalue weighted by Gasteiger charge is 2.08. The molecule has 2 N–H and O–H groups in total. The topological polar surface area (TPSA) is 42.5 Å². The zero-order valence-corrected chi connectivity index (χ0v) is 15.6. The third-order valence-corrected chi connectivity index (χ3v) is 4.24. The molecule has 0 amide bonds. The van der Waals surface area contributed by atoms with Crippen LogP contribution in [-0.2, 0) is 6.42 Å². The lowest BCUT2D eigenvalue weighted by Gasteiger charge is -2.15. The maximum absolute atomic E-state index is 6.11. The normalized spacial score (nSPS) is 10.2. The third-order valence-electron chi connectivity index (χ3n) is 3.59. The number of methoxy groups -OCH3 is 2. The van der Waals surface area contributed by atoms with Crippen molar-refractivity contribution in [3.63, 3.8) is 0 Å². The minimum absolute atomic E-state index is 0.545. The van der Waals surface area contributed by atoms with Crippen LogP contribution in [0.2, 0.25) is 5.02 Å². The van der Waals surface area contributed by atoms with Crippen LogP contribution in [-0.4, -0.2) is 25.9 Å². The van der Waals surface area contributed by atoms with Crippen molar-refractivity contribution in [2.45, 2.75) is 13.3 Å². The fourth-order valence-corrected chi connectivity index (χ4v) is 2.57. The summed E-state index contributed by atoms with van der Waals surface area (Å²) in [5.74, 6) is 1.51. The number of thiocarbonyl (C=S) groups is 1. The van der Waals surface area contributed by atoms with E-state index >= 15 is 0 Å². The zero-order chi connectivity index (χ0) is 17.5. The van der Waals surface area contributed by atoms with Gasteiger partial charge in [0.15, 0.2) is 5.11 Å². The summed E-state index contributed by atoms with van der Waals surface area (Å²) < 4.78 is 10.5. The Labute approximate surface area is 153 Å². The van der Waals surface area contributed by atoms with Crippen LogP contribution < -0.4 is 20.1 Å². The van der Waals surface area contributed by atoms with E-state index in [1.807, 2.05) is 37.3 Å². The van der Waals surface area contributed by atoms with Gasteiger partial charge in [0, 0.05) is 17.6 Å². The smallest absolute Gasteiger partial charge is 0.170 e. The van der Waals surface area contributed by atoms with Gasteiger partial charge in [-0.2, -0.15) is 0 Å². The highest BCUT2D eigenvalue weighted by atomic mass is 35.5. The average Bonchev–Trinajstić information content (AvgIpc) is 2.58. The molecule has 0 aliphatic heterocycles. The number of nitrogens with one attached hydrogen (secondary N) is 2. The Morgan fingerprint density at radius 3 is 2.46 bits per heavy atom. The molecule has 0 heterocycles. The van der Waals surface area contributed by atoms with Gasteiger partial charge in [-0.3, -0.25) is 0 Å². The first-order valence-corrected chi connectivity index (χ1v) is 8.34. The van der Waals surface area contributed by atoms with E-state index < -0.39 is 0 Å². The van der Waals surface area contributed by atoms with E-state index in [4.69, 9.17) is 33.3 Å². The van der Waals surface area contributed by atoms with Crippen molar-refractivity contribution >= 4 is 34.6 Å². The summed E-state index contributed by atoms with van der Waals surface area (Å²) >= 11 is 11.5.